The summed E-state index contributed by atoms with van der Waals surface area (Å²) in [6, 6.07) is 14.1. The number of halogens is 1. The zero-order valence-corrected chi connectivity index (χ0v) is 13.5. The van der Waals surface area contributed by atoms with E-state index in [4.69, 9.17) is 17.3 Å². The topological polar surface area (TPSA) is 63.4 Å². The Morgan fingerprint density at radius 2 is 1.74 bits per heavy atom. The van der Waals surface area contributed by atoms with E-state index in [1.165, 1.54) is 0 Å². The number of hydrogen-bond acceptors (Lipinski definition) is 2. The predicted molar refractivity (Wildman–Crippen MR) is 89.2 cm³/mol. The quantitative estimate of drug-likeness (QED) is 0.938. The monoisotopic (exact) mass is 328 g/mol. The highest BCUT2D eigenvalue weighted by atomic mass is 35.5. The van der Waals surface area contributed by atoms with E-state index >= 15 is 0 Å². The number of benzene rings is 2. The van der Waals surface area contributed by atoms with Gasteiger partial charge < -0.3 is 10.6 Å². The molecule has 2 aromatic rings. The van der Waals surface area contributed by atoms with Crippen LogP contribution in [-0.2, 0) is 10.3 Å². The van der Waals surface area contributed by atoms with Gasteiger partial charge in [-0.3, -0.25) is 9.59 Å². The number of fused-ring (bicyclic) bond motifs is 1. The molecule has 0 radical (unpaired) electrons. The standard InChI is InChI=1S/C18H17ClN2O2/c1-2-11-21-16(22)12-7-3-4-8-13(12)18(21,17(20)23)14-9-5-6-10-15(14)19/h3-10H,2,11H2,1H3,(H2,20,23). The minimum atomic E-state index is -1.36. The Labute approximate surface area is 139 Å². The zero-order chi connectivity index (χ0) is 16.6. The van der Waals surface area contributed by atoms with Gasteiger partial charge in [0.25, 0.3) is 11.8 Å². The maximum atomic E-state index is 12.9. The van der Waals surface area contributed by atoms with E-state index < -0.39 is 11.4 Å². The average molecular weight is 329 g/mol. The highest BCUT2D eigenvalue weighted by Gasteiger charge is 2.55. The second-order valence-electron chi connectivity index (χ2n) is 5.56. The molecule has 1 aliphatic rings. The van der Waals surface area contributed by atoms with Crippen LogP contribution in [0.5, 0.6) is 0 Å². The van der Waals surface area contributed by atoms with Gasteiger partial charge in [-0.15, -0.1) is 0 Å². The molecule has 0 bridgehead atoms. The molecule has 1 unspecified atom stereocenters. The lowest BCUT2D eigenvalue weighted by Crippen LogP contribution is -2.54. The largest absolute Gasteiger partial charge is 0.367 e. The van der Waals surface area contributed by atoms with Crippen LogP contribution in [0.15, 0.2) is 48.5 Å². The van der Waals surface area contributed by atoms with Crippen LogP contribution in [0.1, 0.15) is 34.8 Å². The maximum absolute atomic E-state index is 12.9. The number of carbonyl (C=O) groups is 2. The van der Waals surface area contributed by atoms with E-state index in [-0.39, 0.29) is 5.91 Å². The van der Waals surface area contributed by atoms with Gasteiger partial charge in [0.1, 0.15) is 0 Å². The van der Waals surface area contributed by atoms with E-state index in [9.17, 15) is 9.59 Å². The molecular formula is C18H17ClN2O2. The van der Waals surface area contributed by atoms with Crippen molar-refractivity contribution in [3.8, 4) is 0 Å². The molecule has 0 spiro atoms. The van der Waals surface area contributed by atoms with Crippen molar-refractivity contribution in [1.29, 1.82) is 0 Å². The van der Waals surface area contributed by atoms with Crippen molar-refractivity contribution in [3.05, 3.63) is 70.2 Å². The molecule has 0 fully saturated rings. The Balaban J connectivity index is 2.39. The normalized spacial score (nSPS) is 19.7. The summed E-state index contributed by atoms with van der Waals surface area (Å²) in [6.07, 6.45) is 0.708. The van der Waals surface area contributed by atoms with Gasteiger partial charge in [-0.25, -0.2) is 0 Å². The van der Waals surface area contributed by atoms with Gasteiger partial charge in [-0.2, -0.15) is 0 Å². The number of carbonyl (C=O) groups excluding carboxylic acids is 2. The van der Waals surface area contributed by atoms with Crippen LogP contribution >= 0.6 is 11.6 Å². The highest BCUT2D eigenvalue weighted by molar-refractivity contribution is 6.32. The van der Waals surface area contributed by atoms with Gasteiger partial charge in [0.05, 0.1) is 0 Å². The molecule has 3 rings (SSSR count). The van der Waals surface area contributed by atoms with E-state index in [0.29, 0.717) is 34.7 Å². The van der Waals surface area contributed by atoms with Gasteiger partial charge in [0.2, 0.25) is 0 Å². The lowest BCUT2D eigenvalue weighted by atomic mass is 9.81. The first-order chi connectivity index (χ1) is 11.0. The molecule has 23 heavy (non-hydrogen) atoms. The summed E-state index contributed by atoms with van der Waals surface area (Å²) < 4.78 is 0. The van der Waals surface area contributed by atoms with E-state index in [1.807, 2.05) is 6.92 Å². The van der Waals surface area contributed by atoms with Crippen LogP contribution in [0.3, 0.4) is 0 Å². The fraction of sp³-hybridized carbons (Fsp3) is 0.222. The Morgan fingerprint density at radius 1 is 1.13 bits per heavy atom. The molecule has 0 aliphatic carbocycles. The van der Waals surface area contributed by atoms with Crippen molar-refractivity contribution in [2.45, 2.75) is 18.9 Å². The first-order valence-electron chi connectivity index (χ1n) is 7.51. The molecule has 4 nitrogen and oxygen atoms in total. The Kier molecular flexibility index (Phi) is 3.86. The summed E-state index contributed by atoms with van der Waals surface area (Å²) in [5.41, 5.74) is 6.12. The zero-order valence-electron chi connectivity index (χ0n) is 12.8. The maximum Gasteiger partial charge on any atom is 0.255 e. The number of rotatable bonds is 4. The molecule has 5 heteroatoms. The summed E-state index contributed by atoms with van der Waals surface area (Å²) in [4.78, 5) is 27.0. The van der Waals surface area contributed by atoms with Gasteiger partial charge in [0.15, 0.2) is 5.54 Å². The molecule has 2 aromatic carbocycles. The second kappa shape index (κ2) is 5.70. The van der Waals surface area contributed by atoms with E-state index in [0.717, 1.165) is 0 Å². The number of hydrogen-bond donors (Lipinski definition) is 1. The molecule has 2 amide bonds. The van der Waals surface area contributed by atoms with Crippen molar-refractivity contribution >= 4 is 23.4 Å². The van der Waals surface area contributed by atoms with Crippen LogP contribution in [0.4, 0.5) is 0 Å². The summed E-state index contributed by atoms with van der Waals surface area (Å²) in [5, 5.41) is 0.414. The summed E-state index contributed by atoms with van der Waals surface area (Å²) >= 11 is 6.37. The first-order valence-corrected chi connectivity index (χ1v) is 7.89. The van der Waals surface area contributed by atoms with Crippen LogP contribution < -0.4 is 5.73 Å². The lowest BCUT2D eigenvalue weighted by Gasteiger charge is -2.37. The number of primary amides is 1. The van der Waals surface area contributed by atoms with Crippen molar-refractivity contribution in [2.75, 3.05) is 6.54 Å². The van der Waals surface area contributed by atoms with E-state index in [2.05, 4.69) is 0 Å². The third-order valence-corrected chi connectivity index (χ3v) is 4.59. The van der Waals surface area contributed by atoms with Crippen molar-refractivity contribution in [1.82, 2.24) is 4.90 Å². The Bertz CT molecular complexity index is 790. The fourth-order valence-electron chi connectivity index (χ4n) is 3.36. The van der Waals surface area contributed by atoms with Crippen LogP contribution in [-0.4, -0.2) is 23.3 Å². The fourth-order valence-corrected chi connectivity index (χ4v) is 3.64. The van der Waals surface area contributed by atoms with Gasteiger partial charge in [0, 0.05) is 28.3 Å². The Morgan fingerprint density at radius 3 is 2.35 bits per heavy atom. The number of amides is 2. The molecule has 0 saturated heterocycles. The van der Waals surface area contributed by atoms with Gasteiger partial charge in [-0.1, -0.05) is 54.9 Å². The molecule has 1 atom stereocenters. The SMILES string of the molecule is CCCN1C(=O)c2ccccc2C1(C(N)=O)c1ccccc1Cl. The Hall–Kier alpha value is -2.33. The van der Waals surface area contributed by atoms with Crippen molar-refractivity contribution < 1.29 is 9.59 Å². The summed E-state index contributed by atoms with van der Waals surface area (Å²) in [6.45, 7) is 2.37. The van der Waals surface area contributed by atoms with Crippen molar-refractivity contribution in [3.63, 3.8) is 0 Å². The van der Waals surface area contributed by atoms with Gasteiger partial charge in [-0.05, 0) is 18.6 Å². The predicted octanol–water partition coefficient (Wildman–Crippen LogP) is 2.93. The highest BCUT2D eigenvalue weighted by Crippen LogP contribution is 2.46. The average Bonchev–Trinajstić information content (AvgIpc) is 2.79. The number of nitrogens with two attached hydrogens (primary N) is 1. The molecule has 1 heterocycles. The van der Waals surface area contributed by atoms with Crippen molar-refractivity contribution in [2.24, 2.45) is 5.73 Å². The van der Waals surface area contributed by atoms with E-state index in [1.54, 1.807) is 53.4 Å². The minimum absolute atomic E-state index is 0.193. The smallest absolute Gasteiger partial charge is 0.255 e. The molecule has 0 saturated carbocycles. The molecular weight excluding hydrogens is 312 g/mol. The summed E-state index contributed by atoms with van der Waals surface area (Å²) in [7, 11) is 0. The molecule has 118 valence electrons. The second-order valence-corrected chi connectivity index (χ2v) is 5.96. The molecule has 0 aromatic heterocycles. The number of nitrogens with zero attached hydrogens (tertiary/aromatic N) is 1. The summed E-state index contributed by atoms with van der Waals surface area (Å²) in [5.74, 6) is -0.793. The van der Waals surface area contributed by atoms with Crippen LogP contribution in [0.25, 0.3) is 0 Å². The minimum Gasteiger partial charge on any atom is -0.367 e. The molecule has 2 N–H and O–H groups in total. The third-order valence-electron chi connectivity index (χ3n) is 4.26. The van der Waals surface area contributed by atoms with Gasteiger partial charge >= 0.3 is 0 Å². The first kappa shape index (κ1) is 15.6. The lowest BCUT2D eigenvalue weighted by molar-refractivity contribution is -0.126. The third kappa shape index (κ3) is 2.05. The van der Waals surface area contributed by atoms with Crippen LogP contribution in [0, 0.1) is 0 Å². The molecule has 1 aliphatic heterocycles. The van der Waals surface area contributed by atoms with Crippen LogP contribution in [0.2, 0.25) is 5.02 Å².